The van der Waals surface area contributed by atoms with E-state index in [1.807, 2.05) is 12.1 Å². The van der Waals surface area contributed by atoms with E-state index in [1.165, 1.54) is 41.7 Å². The zero-order valence-electron chi connectivity index (χ0n) is 22.5. The van der Waals surface area contributed by atoms with Crippen LogP contribution in [-0.2, 0) is 16.4 Å². The third-order valence-corrected chi connectivity index (χ3v) is 9.09. The van der Waals surface area contributed by atoms with E-state index in [2.05, 4.69) is 20.0 Å². The number of nitrogens with one attached hydrogen (secondary N) is 2. The molecule has 1 aliphatic carbocycles. The van der Waals surface area contributed by atoms with Gasteiger partial charge in [-0.1, -0.05) is 12.1 Å². The van der Waals surface area contributed by atoms with E-state index < -0.39 is 21.8 Å². The molecule has 0 atom stereocenters. The fourth-order valence-corrected chi connectivity index (χ4v) is 6.25. The fourth-order valence-electron chi connectivity index (χ4n) is 4.13. The number of thioether (sulfide) groups is 2. The molecule has 2 heterocycles. The number of pyridine rings is 2. The largest absolute Gasteiger partial charge is 0.352 e. The third kappa shape index (κ3) is 6.88. The van der Waals surface area contributed by atoms with Crippen molar-refractivity contribution in [2.45, 2.75) is 47.1 Å². The van der Waals surface area contributed by atoms with Gasteiger partial charge in [0.25, 0.3) is 21.8 Å². The van der Waals surface area contributed by atoms with Crippen LogP contribution < -0.4 is 10.0 Å². The Morgan fingerprint density at radius 3 is 2.10 bits per heavy atom. The summed E-state index contributed by atoms with van der Waals surface area (Å²) in [5, 5.41) is 22.8. The van der Waals surface area contributed by atoms with Crippen LogP contribution in [0.5, 0.6) is 0 Å². The number of carbonyl (C=O) groups excluding carboxylic acids is 2. The van der Waals surface area contributed by atoms with E-state index in [9.17, 15) is 28.5 Å². The van der Waals surface area contributed by atoms with E-state index in [4.69, 9.17) is 0 Å². The van der Waals surface area contributed by atoms with E-state index in [-0.39, 0.29) is 39.6 Å². The first-order valence-electron chi connectivity index (χ1n) is 12.5. The highest BCUT2D eigenvalue weighted by Gasteiger charge is 2.30. The molecular weight excluding hydrogens is 581 g/mol. The molecule has 2 amide bonds. The van der Waals surface area contributed by atoms with E-state index in [0.29, 0.717) is 27.9 Å². The van der Waals surface area contributed by atoms with Crippen LogP contribution in [0.2, 0.25) is 0 Å². The Kier molecular flexibility index (Phi) is 9.33. The lowest BCUT2D eigenvalue weighted by Gasteiger charge is -2.12. The molecule has 1 saturated carbocycles. The second kappa shape index (κ2) is 12.7. The minimum Gasteiger partial charge on any atom is -0.352 e. The molecule has 13 heteroatoms. The molecule has 0 aliphatic heterocycles. The quantitative estimate of drug-likeness (QED) is 0.323. The molecule has 41 heavy (non-hydrogen) atoms. The van der Waals surface area contributed by atoms with Gasteiger partial charge in [-0.15, -0.1) is 23.5 Å². The number of nitrogens with zero attached hydrogens (tertiary/aromatic N) is 4. The Morgan fingerprint density at radius 2 is 1.54 bits per heavy atom. The summed E-state index contributed by atoms with van der Waals surface area (Å²) >= 11 is 2.52. The van der Waals surface area contributed by atoms with E-state index >= 15 is 0 Å². The average molecular weight is 607 g/mol. The zero-order chi connectivity index (χ0) is 29.7. The SMILES string of the molecule is CSc1nc(C)cc(C(=O)NCCc2ccc(S(=O)(=O)NC(=O)c3cc(C4CC4)nc(SC)c3C#N)cc2)c1C#N. The summed E-state index contributed by atoms with van der Waals surface area (Å²) in [6.07, 6.45) is 5.81. The van der Waals surface area contributed by atoms with Gasteiger partial charge in [-0.2, -0.15) is 10.5 Å². The number of sulfonamides is 1. The van der Waals surface area contributed by atoms with Gasteiger partial charge in [-0.3, -0.25) is 9.59 Å². The molecule has 2 aromatic heterocycles. The molecule has 0 bridgehead atoms. The van der Waals surface area contributed by atoms with Crippen molar-refractivity contribution in [1.82, 2.24) is 20.0 Å². The first-order chi connectivity index (χ1) is 19.6. The number of benzene rings is 1. The Bertz CT molecular complexity index is 1710. The van der Waals surface area contributed by atoms with E-state index in [0.717, 1.165) is 18.4 Å². The third-order valence-electron chi connectivity index (χ3n) is 6.38. The first kappa shape index (κ1) is 30.1. The summed E-state index contributed by atoms with van der Waals surface area (Å²) in [6.45, 7) is 2.00. The number of rotatable bonds is 10. The lowest BCUT2D eigenvalue weighted by Crippen LogP contribution is -2.31. The minimum absolute atomic E-state index is 0.0155. The molecule has 1 fully saturated rings. The van der Waals surface area contributed by atoms with Crippen molar-refractivity contribution in [3.8, 4) is 12.1 Å². The van der Waals surface area contributed by atoms with Crippen molar-refractivity contribution in [3.63, 3.8) is 0 Å². The van der Waals surface area contributed by atoms with Crippen LogP contribution in [0.1, 0.15) is 67.6 Å². The number of aryl methyl sites for hydroxylation is 1. The fraction of sp³-hybridized carbons (Fsp3) is 0.286. The minimum atomic E-state index is -4.22. The Hall–Kier alpha value is -3.91. The Balaban J connectivity index is 1.42. The molecule has 1 aromatic carbocycles. The lowest BCUT2D eigenvalue weighted by molar-refractivity contribution is 0.0951. The second-order valence-corrected chi connectivity index (χ2v) is 12.5. The summed E-state index contributed by atoms with van der Waals surface area (Å²) in [5.41, 5.74) is 2.57. The predicted octanol–water partition coefficient (Wildman–Crippen LogP) is 3.94. The van der Waals surface area contributed by atoms with Crippen LogP contribution in [0.15, 0.2) is 51.3 Å². The highest BCUT2D eigenvalue weighted by atomic mass is 32.2. The second-order valence-electron chi connectivity index (χ2n) is 9.26. The Labute approximate surface area is 247 Å². The maximum Gasteiger partial charge on any atom is 0.266 e. The predicted molar refractivity (Wildman–Crippen MR) is 155 cm³/mol. The normalized spacial score (nSPS) is 12.7. The van der Waals surface area contributed by atoms with Crippen LogP contribution in [0.25, 0.3) is 0 Å². The van der Waals surface area contributed by atoms with Gasteiger partial charge >= 0.3 is 0 Å². The molecule has 2 N–H and O–H groups in total. The van der Waals surface area contributed by atoms with Crippen molar-refractivity contribution in [1.29, 1.82) is 10.5 Å². The summed E-state index contributed by atoms with van der Waals surface area (Å²) in [5.74, 6) is -1.07. The number of amides is 2. The molecule has 4 rings (SSSR count). The van der Waals surface area contributed by atoms with Gasteiger partial charge < -0.3 is 5.32 Å². The number of aromatic nitrogens is 2. The summed E-state index contributed by atoms with van der Waals surface area (Å²) in [7, 11) is -4.22. The molecule has 0 radical (unpaired) electrons. The first-order valence-corrected chi connectivity index (χ1v) is 16.4. The molecular formula is C28H26N6O4S3. The number of nitriles is 2. The molecule has 0 spiro atoms. The van der Waals surface area contributed by atoms with Crippen LogP contribution in [-0.4, -0.2) is 49.3 Å². The van der Waals surface area contributed by atoms with Crippen molar-refractivity contribution in [3.05, 3.63) is 75.6 Å². The molecule has 210 valence electrons. The van der Waals surface area contributed by atoms with Gasteiger partial charge in [0.15, 0.2) is 0 Å². The van der Waals surface area contributed by atoms with Crippen molar-refractivity contribution in [2.75, 3.05) is 19.1 Å². The van der Waals surface area contributed by atoms with Gasteiger partial charge in [0, 0.05) is 23.9 Å². The van der Waals surface area contributed by atoms with Gasteiger partial charge in [0.05, 0.1) is 27.1 Å². The van der Waals surface area contributed by atoms with Crippen LogP contribution in [0, 0.1) is 29.6 Å². The van der Waals surface area contributed by atoms with Crippen LogP contribution in [0.3, 0.4) is 0 Å². The van der Waals surface area contributed by atoms with Crippen molar-refractivity contribution >= 4 is 45.4 Å². The van der Waals surface area contributed by atoms with Crippen molar-refractivity contribution in [2.24, 2.45) is 0 Å². The number of carbonyl (C=O) groups is 2. The molecule has 0 unspecified atom stereocenters. The maximum atomic E-state index is 13.0. The van der Waals surface area contributed by atoms with Crippen LogP contribution in [0.4, 0.5) is 0 Å². The molecule has 3 aromatic rings. The smallest absolute Gasteiger partial charge is 0.266 e. The summed E-state index contributed by atoms with van der Waals surface area (Å²) in [4.78, 5) is 34.4. The Morgan fingerprint density at radius 1 is 0.951 bits per heavy atom. The molecule has 1 aliphatic rings. The molecule has 10 nitrogen and oxygen atoms in total. The molecule has 0 saturated heterocycles. The van der Waals surface area contributed by atoms with E-state index in [1.54, 1.807) is 37.6 Å². The van der Waals surface area contributed by atoms with Gasteiger partial charge in [0.1, 0.15) is 22.2 Å². The highest BCUT2D eigenvalue weighted by molar-refractivity contribution is 7.98. The highest BCUT2D eigenvalue weighted by Crippen LogP contribution is 2.40. The average Bonchev–Trinajstić information content (AvgIpc) is 3.81. The van der Waals surface area contributed by atoms with Gasteiger partial charge in [-0.25, -0.2) is 23.1 Å². The monoisotopic (exact) mass is 606 g/mol. The van der Waals surface area contributed by atoms with Crippen LogP contribution >= 0.6 is 23.5 Å². The lowest BCUT2D eigenvalue weighted by atomic mass is 10.1. The standard InChI is InChI=1S/C28H26N6O4S3/c1-16-12-20(22(14-29)27(32-16)39-2)25(35)31-11-10-17-4-8-19(9-5-17)41(37,38)34-26(36)21-13-24(18-6-7-18)33-28(40-3)23(21)15-30/h4-5,8-9,12-13,18H,6-7,10-11H2,1-3H3,(H,31,35)(H,34,36). The zero-order valence-corrected chi connectivity index (χ0v) is 25.0. The summed E-state index contributed by atoms with van der Waals surface area (Å²) in [6, 6.07) is 13.0. The van der Waals surface area contributed by atoms with Gasteiger partial charge in [-0.05, 0) is 68.5 Å². The summed E-state index contributed by atoms with van der Waals surface area (Å²) < 4.78 is 28.1. The van der Waals surface area contributed by atoms with Crippen molar-refractivity contribution < 1.29 is 18.0 Å². The topological polar surface area (TPSA) is 166 Å². The maximum absolute atomic E-state index is 13.0. The van der Waals surface area contributed by atoms with Gasteiger partial charge in [0.2, 0.25) is 0 Å². The number of hydrogen-bond acceptors (Lipinski definition) is 10. The number of hydrogen-bond donors (Lipinski definition) is 2.